The van der Waals surface area contributed by atoms with Crippen molar-refractivity contribution >= 4 is 29.0 Å². The highest BCUT2D eigenvalue weighted by Crippen LogP contribution is 2.39. The van der Waals surface area contributed by atoms with Gasteiger partial charge in [-0.15, -0.1) is 24.5 Å². The molecule has 35 heavy (non-hydrogen) atoms. The Bertz CT molecular complexity index is 1010. The van der Waals surface area contributed by atoms with Gasteiger partial charge in [-0.05, 0) is 73.4 Å². The fraction of sp³-hybridized carbons (Fsp3) is 0.520. The maximum Gasteiger partial charge on any atom is 0.573 e. The Morgan fingerprint density at radius 2 is 1.66 bits per heavy atom. The summed E-state index contributed by atoms with van der Waals surface area (Å²) in [6, 6.07) is 8.20. The number of carbonyl (C=O) groups excluding carboxylic acids is 2. The molecule has 1 aliphatic carbocycles. The standard InChI is InChI=1S/C25H31F3N2O4S/c1-24(2,3)16-5-9-18(10-6-16)30(15-20-13-14-21(35-20)22(31)33-4)23(32)29-17-7-11-19(12-8-17)34-25(26,27)28/h7-8,11-14,16,18H,5-6,9-10,15H2,1-4H3,(H,29,32)/t16-,18-. The maximum atomic E-state index is 13.3. The zero-order valence-corrected chi connectivity index (χ0v) is 21.1. The van der Waals surface area contributed by atoms with E-state index in [2.05, 4.69) is 30.8 Å². The zero-order chi connectivity index (χ0) is 25.8. The third-order valence-corrected chi connectivity index (χ3v) is 7.39. The number of rotatable bonds is 6. The van der Waals surface area contributed by atoms with Crippen molar-refractivity contribution in [2.45, 2.75) is 65.4 Å². The molecule has 0 saturated heterocycles. The average molecular weight is 513 g/mol. The molecule has 1 N–H and O–H groups in total. The number of urea groups is 1. The van der Waals surface area contributed by atoms with Gasteiger partial charge in [0.15, 0.2) is 0 Å². The number of benzene rings is 1. The van der Waals surface area contributed by atoms with E-state index in [1.807, 2.05) is 0 Å². The monoisotopic (exact) mass is 512 g/mol. The molecular weight excluding hydrogens is 481 g/mol. The second-order valence-corrected chi connectivity index (χ2v) is 10.9. The Labute approximate surface area is 207 Å². The third kappa shape index (κ3) is 7.62. The quantitative estimate of drug-likeness (QED) is 0.420. The van der Waals surface area contributed by atoms with E-state index in [0.717, 1.165) is 42.7 Å². The van der Waals surface area contributed by atoms with Crippen LogP contribution in [-0.2, 0) is 11.3 Å². The summed E-state index contributed by atoms with van der Waals surface area (Å²) < 4.78 is 45.9. The molecule has 1 aromatic heterocycles. The van der Waals surface area contributed by atoms with E-state index in [1.54, 1.807) is 17.0 Å². The van der Waals surface area contributed by atoms with Crippen LogP contribution in [0.2, 0.25) is 0 Å². The molecule has 3 rings (SSSR count). The van der Waals surface area contributed by atoms with Crippen molar-refractivity contribution < 1.29 is 32.2 Å². The van der Waals surface area contributed by atoms with Crippen molar-refractivity contribution in [2.75, 3.05) is 12.4 Å². The van der Waals surface area contributed by atoms with Gasteiger partial charge in [0.1, 0.15) is 10.6 Å². The minimum absolute atomic E-state index is 0.00473. The van der Waals surface area contributed by atoms with E-state index in [9.17, 15) is 22.8 Å². The molecule has 0 atom stereocenters. The summed E-state index contributed by atoms with van der Waals surface area (Å²) in [5.41, 5.74) is 0.556. The average Bonchev–Trinajstić information content (AvgIpc) is 3.25. The van der Waals surface area contributed by atoms with Gasteiger partial charge in [-0.2, -0.15) is 0 Å². The molecule has 2 amide bonds. The first-order valence-electron chi connectivity index (χ1n) is 11.5. The molecule has 0 bridgehead atoms. The van der Waals surface area contributed by atoms with Gasteiger partial charge in [-0.3, -0.25) is 0 Å². The molecule has 1 aliphatic rings. The first-order valence-corrected chi connectivity index (χ1v) is 12.3. The highest BCUT2D eigenvalue weighted by atomic mass is 32.1. The second-order valence-electron chi connectivity index (χ2n) is 9.76. The number of esters is 1. The van der Waals surface area contributed by atoms with E-state index in [1.165, 1.54) is 30.6 Å². The van der Waals surface area contributed by atoms with Gasteiger partial charge in [0, 0.05) is 16.6 Å². The smallest absolute Gasteiger partial charge is 0.465 e. The van der Waals surface area contributed by atoms with Crippen molar-refractivity contribution in [3.8, 4) is 5.75 Å². The van der Waals surface area contributed by atoms with Crippen LogP contribution < -0.4 is 10.1 Å². The van der Waals surface area contributed by atoms with Gasteiger partial charge in [0.05, 0.1) is 13.7 Å². The molecule has 0 unspecified atom stereocenters. The van der Waals surface area contributed by atoms with Crippen LogP contribution in [-0.4, -0.2) is 36.4 Å². The Morgan fingerprint density at radius 1 is 1.03 bits per heavy atom. The fourth-order valence-electron chi connectivity index (χ4n) is 4.40. The second kappa shape index (κ2) is 10.9. The predicted molar refractivity (Wildman–Crippen MR) is 129 cm³/mol. The van der Waals surface area contributed by atoms with Crippen molar-refractivity contribution in [2.24, 2.45) is 11.3 Å². The van der Waals surface area contributed by atoms with Gasteiger partial charge < -0.3 is 19.7 Å². The summed E-state index contributed by atoms with van der Waals surface area (Å²) in [5, 5.41) is 2.79. The van der Waals surface area contributed by atoms with Crippen LogP contribution in [0.5, 0.6) is 5.75 Å². The topological polar surface area (TPSA) is 67.9 Å². The van der Waals surface area contributed by atoms with Gasteiger partial charge >= 0.3 is 18.4 Å². The molecule has 0 spiro atoms. The molecule has 1 heterocycles. The Hall–Kier alpha value is -2.75. The maximum absolute atomic E-state index is 13.3. The SMILES string of the molecule is COC(=O)c1ccc(CN(C(=O)Nc2ccc(OC(F)(F)F)cc2)[C@H]2CC[C@H](C(C)(C)C)CC2)s1. The Balaban J connectivity index is 1.75. The molecule has 1 saturated carbocycles. The number of alkyl halides is 3. The van der Waals surface area contributed by atoms with Crippen LogP contribution in [0.3, 0.4) is 0 Å². The van der Waals surface area contributed by atoms with Gasteiger partial charge in [0.2, 0.25) is 0 Å². The molecule has 6 nitrogen and oxygen atoms in total. The van der Waals surface area contributed by atoms with Crippen LogP contribution in [0.1, 0.15) is 61.0 Å². The molecule has 0 aliphatic heterocycles. The molecule has 2 aromatic rings. The number of anilines is 1. The molecule has 0 radical (unpaired) electrons. The lowest BCUT2D eigenvalue weighted by Crippen LogP contribution is -2.45. The van der Waals surface area contributed by atoms with Crippen LogP contribution >= 0.6 is 11.3 Å². The van der Waals surface area contributed by atoms with Crippen LogP contribution in [0.4, 0.5) is 23.7 Å². The van der Waals surface area contributed by atoms with Crippen LogP contribution in [0.25, 0.3) is 0 Å². The van der Waals surface area contributed by atoms with Gasteiger partial charge in [-0.25, -0.2) is 9.59 Å². The van der Waals surface area contributed by atoms with Crippen molar-refractivity contribution in [3.05, 3.63) is 46.2 Å². The number of hydrogen-bond acceptors (Lipinski definition) is 5. The Morgan fingerprint density at radius 3 is 2.20 bits per heavy atom. The predicted octanol–water partition coefficient (Wildman–Crippen LogP) is 7.07. The van der Waals surface area contributed by atoms with E-state index >= 15 is 0 Å². The van der Waals surface area contributed by atoms with Crippen molar-refractivity contribution in [3.63, 3.8) is 0 Å². The Kier molecular flexibility index (Phi) is 8.35. The lowest BCUT2D eigenvalue weighted by Gasteiger charge is -2.41. The first-order chi connectivity index (χ1) is 16.4. The minimum atomic E-state index is -4.78. The summed E-state index contributed by atoms with van der Waals surface area (Å²) in [6.07, 6.45) is -1.08. The summed E-state index contributed by atoms with van der Waals surface area (Å²) in [6.45, 7) is 7.01. The third-order valence-electron chi connectivity index (χ3n) is 6.34. The summed E-state index contributed by atoms with van der Waals surface area (Å²) in [4.78, 5) is 28.2. The van der Waals surface area contributed by atoms with Crippen molar-refractivity contribution in [1.82, 2.24) is 4.90 Å². The van der Waals surface area contributed by atoms with Gasteiger partial charge in [-0.1, -0.05) is 20.8 Å². The fourth-order valence-corrected chi connectivity index (χ4v) is 5.32. The molecule has 192 valence electrons. The number of nitrogens with one attached hydrogen (secondary N) is 1. The minimum Gasteiger partial charge on any atom is -0.465 e. The number of hydrogen-bond donors (Lipinski definition) is 1. The van der Waals surface area contributed by atoms with Gasteiger partial charge in [0.25, 0.3) is 0 Å². The summed E-state index contributed by atoms with van der Waals surface area (Å²) in [7, 11) is 1.32. The molecule has 10 heteroatoms. The van der Waals surface area contributed by atoms with E-state index in [-0.39, 0.29) is 23.2 Å². The first kappa shape index (κ1) is 26.8. The normalized spacial score (nSPS) is 18.6. The molecule has 1 aromatic carbocycles. The van der Waals surface area contributed by atoms with Crippen LogP contribution in [0, 0.1) is 11.3 Å². The lowest BCUT2D eigenvalue weighted by atomic mass is 9.71. The highest BCUT2D eigenvalue weighted by molar-refractivity contribution is 7.13. The number of amides is 2. The molecule has 1 fully saturated rings. The number of thiophene rings is 1. The summed E-state index contributed by atoms with van der Waals surface area (Å²) in [5.74, 6) is -0.219. The van der Waals surface area contributed by atoms with Crippen LogP contribution in [0.15, 0.2) is 36.4 Å². The van der Waals surface area contributed by atoms with Crippen molar-refractivity contribution in [1.29, 1.82) is 0 Å². The van der Waals surface area contributed by atoms with E-state index in [0.29, 0.717) is 23.0 Å². The largest absolute Gasteiger partial charge is 0.573 e. The summed E-state index contributed by atoms with van der Waals surface area (Å²) >= 11 is 1.27. The highest BCUT2D eigenvalue weighted by Gasteiger charge is 2.34. The van der Waals surface area contributed by atoms with E-state index in [4.69, 9.17) is 4.74 Å². The number of halogens is 3. The van der Waals surface area contributed by atoms with E-state index < -0.39 is 12.3 Å². The number of ether oxygens (including phenoxy) is 2. The molecular formula is C25H31F3N2O4S. The number of methoxy groups -OCH3 is 1. The number of carbonyl (C=O) groups is 2. The lowest BCUT2D eigenvalue weighted by molar-refractivity contribution is -0.274. The number of nitrogens with zero attached hydrogens (tertiary/aromatic N) is 1. The zero-order valence-electron chi connectivity index (χ0n) is 20.3.